The molecule has 0 bridgehead atoms. The van der Waals surface area contributed by atoms with E-state index in [-0.39, 0.29) is 0 Å². The maximum Gasteiger partial charge on any atom is 0.250 e. The van der Waals surface area contributed by atoms with Gasteiger partial charge in [0.1, 0.15) is 0 Å². The normalized spacial score (nSPS) is 17.6. The predicted octanol–water partition coefficient (Wildman–Crippen LogP) is -0.0580. The highest BCUT2D eigenvalue weighted by Gasteiger charge is 2.17. The van der Waals surface area contributed by atoms with Crippen molar-refractivity contribution < 1.29 is 4.79 Å². The number of carbonyl (C=O) groups is 1. The van der Waals surface area contributed by atoms with E-state index in [0.29, 0.717) is 16.9 Å². The maximum atomic E-state index is 11.4. The summed E-state index contributed by atoms with van der Waals surface area (Å²) in [6.45, 7) is 3.71. The lowest BCUT2D eigenvalue weighted by molar-refractivity contribution is 0.100. The SMILES string of the molecule is CN1CCN(Nc2c(N)cccc2C(N)=O)CC1. The second-order valence-corrected chi connectivity index (χ2v) is 4.54. The zero-order valence-electron chi connectivity index (χ0n) is 10.5. The fourth-order valence-electron chi connectivity index (χ4n) is 1.98. The molecule has 0 radical (unpaired) electrons. The van der Waals surface area contributed by atoms with Gasteiger partial charge in [0.2, 0.25) is 0 Å². The van der Waals surface area contributed by atoms with Gasteiger partial charge in [-0.05, 0) is 19.2 Å². The van der Waals surface area contributed by atoms with Crippen molar-refractivity contribution in [3.8, 4) is 0 Å². The largest absolute Gasteiger partial charge is 0.397 e. The van der Waals surface area contributed by atoms with Crippen LogP contribution >= 0.6 is 0 Å². The lowest BCUT2D eigenvalue weighted by Gasteiger charge is -2.33. The standard InChI is InChI=1S/C12H19N5O/c1-16-5-7-17(8-6-16)15-11-9(12(14)18)3-2-4-10(11)13/h2-4,15H,5-8,13H2,1H3,(H2,14,18). The van der Waals surface area contributed by atoms with E-state index in [1.165, 1.54) is 0 Å². The van der Waals surface area contributed by atoms with Crippen molar-refractivity contribution in [2.45, 2.75) is 0 Å². The van der Waals surface area contributed by atoms with Crippen LogP contribution in [0.3, 0.4) is 0 Å². The number of nitrogens with zero attached hydrogens (tertiary/aromatic N) is 2. The predicted molar refractivity (Wildman–Crippen MR) is 72.1 cm³/mol. The molecule has 1 aliphatic rings. The summed E-state index contributed by atoms with van der Waals surface area (Å²) < 4.78 is 0. The molecule has 6 nitrogen and oxygen atoms in total. The van der Waals surface area contributed by atoms with Gasteiger partial charge < -0.3 is 21.8 Å². The van der Waals surface area contributed by atoms with Gasteiger partial charge in [0.25, 0.3) is 5.91 Å². The molecule has 1 aromatic carbocycles. The molecule has 1 aromatic rings. The number of anilines is 2. The molecular formula is C12H19N5O. The quantitative estimate of drug-likeness (QED) is 0.653. The maximum absolute atomic E-state index is 11.4. The Hall–Kier alpha value is -1.79. The second kappa shape index (κ2) is 5.24. The zero-order chi connectivity index (χ0) is 13.1. The van der Waals surface area contributed by atoms with Gasteiger partial charge in [-0.15, -0.1) is 0 Å². The first kappa shape index (κ1) is 12.7. The highest BCUT2D eigenvalue weighted by molar-refractivity contribution is 6.01. The summed E-state index contributed by atoms with van der Waals surface area (Å²) in [5, 5.41) is 2.05. The molecule has 0 aromatic heterocycles. The number of hydrazine groups is 1. The summed E-state index contributed by atoms with van der Waals surface area (Å²) in [6.07, 6.45) is 0. The summed E-state index contributed by atoms with van der Waals surface area (Å²) in [4.78, 5) is 13.6. The van der Waals surface area contributed by atoms with Crippen LogP contribution in [0.25, 0.3) is 0 Å². The number of para-hydroxylation sites is 1. The minimum Gasteiger partial charge on any atom is -0.397 e. The number of amides is 1. The van der Waals surface area contributed by atoms with Crippen LogP contribution in [-0.4, -0.2) is 49.0 Å². The Bertz CT molecular complexity index is 440. The number of hydrogen-bond acceptors (Lipinski definition) is 5. The van der Waals surface area contributed by atoms with Crippen molar-refractivity contribution in [1.82, 2.24) is 9.91 Å². The number of nitrogen functional groups attached to an aromatic ring is 1. The lowest BCUT2D eigenvalue weighted by atomic mass is 10.1. The first-order valence-corrected chi connectivity index (χ1v) is 5.96. The number of nitrogens with two attached hydrogens (primary N) is 2. The zero-order valence-corrected chi connectivity index (χ0v) is 10.5. The molecule has 2 rings (SSSR count). The number of hydrogen-bond donors (Lipinski definition) is 3. The monoisotopic (exact) mass is 249 g/mol. The van der Waals surface area contributed by atoms with E-state index in [9.17, 15) is 4.79 Å². The highest BCUT2D eigenvalue weighted by atomic mass is 16.1. The van der Waals surface area contributed by atoms with Gasteiger partial charge in [0.15, 0.2) is 0 Å². The Morgan fingerprint density at radius 3 is 2.56 bits per heavy atom. The Kier molecular flexibility index (Phi) is 3.69. The van der Waals surface area contributed by atoms with Crippen LogP contribution in [0.15, 0.2) is 18.2 Å². The third-order valence-electron chi connectivity index (χ3n) is 3.14. The fourth-order valence-corrected chi connectivity index (χ4v) is 1.98. The van der Waals surface area contributed by atoms with Crippen LogP contribution in [0, 0.1) is 0 Å². The molecule has 0 atom stereocenters. The second-order valence-electron chi connectivity index (χ2n) is 4.54. The van der Waals surface area contributed by atoms with Gasteiger partial charge in [-0.25, -0.2) is 5.01 Å². The number of primary amides is 1. The molecule has 6 heteroatoms. The summed E-state index contributed by atoms with van der Waals surface area (Å²) in [5.74, 6) is -0.473. The lowest BCUT2D eigenvalue weighted by Crippen LogP contribution is -2.47. The van der Waals surface area contributed by atoms with Crippen LogP contribution in [0.2, 0.25) is 0 Å². The summed E-state index contributed by atoms with van der Waals surface area (Å²) in [5.41, 5.74) is 16.0. The summed E-state index contributed by atoms with van der Waals surface area (Å²) in [6, 6.07) is 5.16. The molecule has 1 saturated heterocycles. The molecule has 5 N–H and O–H groups in total. The molecule has 0 aliphatic carbocycles. The van der Waals surface area contributed by atoms with Gasteiger partial charge in [-0.3, -0.25) is 4.79 Å². The summed E-state index contributed by atoms with van der Waals surface area (Å²) in [7, 11) is 2.09. The van der Waals surface area contributed by atoms with E-state index in [4.69, 9.17) is 11.5 Å². The fraction of sp³-hybridized carbons (Fsp3) is 0.417. The summed E-state index contributed by atoms with van der Waals surface area (Å²) >= 11 is 0. The number of likely N-dealkylation sites (N-methyl/N-ethyl adjacent to an activating group) is 1. The minimum atomic E-state index is -0.473. The smallest absolute Gasteiger partial charge is 0.250 e. The average molecular weight is 249 g/mol. The van der Waals surface area contributed by atoms with Crippen molar-refractivity contribution in [1.29, 1.82) is 0 Å². The van der Waals surface area contributed by atoms with Crippen molar-refractivity contribution in [2.75, 3.05) is 44.4 Å². The van der Waals surface area contributed by atoms with Crippen LogP contribution in [0.1, 0.15) is 10.4 Å². The molecule has 1 heterocycles. The van der Waals surface area contributed by atoms with Crippen molar-refractivity contribution in [3.63, 3.8) is 0 Å². The molecule has 98 valence electrons. The number of nitrogens with one attached hydrogen (secondary N) is 1. The van der Waals surface area contributed by atoms with Gasteiger partial charge >= 0.3 is 0 Å². The Labute approximate surface area is 106 Å². The minimum absolute atomic E-state index is 0.425. The molecule has 1 aliphatic heterocycles. The van der Waals surface area contributed by atoms with Crippen molar-refractivity contribution >= 4 is 17.3 Å². The molecule has 0 spiro atoms. The Balaban J connectivity index is 2.15. The van der Waals surface area contributed by atoms with Gasteiger partial charge in [0, 0.05) is 26.2 Å². The van der Waals surface area contributed by atoms with Crippen LogP contribution in [0.5, 0.6) is 0 Å². The van der Waals surface area contributed by atoms with Gasteiger partial charge in [-0.2, -0.15) is 0 Å². The van der Waals surface area contributed by atoms with Crippen LogP contribution in [0.4, 0.5) is 11.4 Å². The van der Waals surface area contributed by atoms with Crippen molar-refractivity contribution in [2.24, 2.45) is 5.73 Å². The first-order chi connectivity index (χ1) is 8.58. The molecule has 0 saturated carbocycles. The number of piperazine rings is 1. The van der Waals surface area contributed by atoms with E-state index < -0.39 is 5.91 Å². The van der Waals surface area contributed by atoms with Crippen molar-refractivity contribution in [3.05, 3.63) is 23.8 Å². The van der Waals surface area contributed by atoms with E-state index >= 15 is 0 Å². The highest BCUT2D eigenvalue weighted by Crippen LogP contribution is 2.23. The topological polar surface area (TPSA) is 87.6 Å². The number of carbonyl (C=O) groups excluding carboxylic acids is 1. The molecule has 1 amide bonds. The Morgan fingerprint density at radius 1 is 1.28 bits per heavy atom. The molecular weight excluding hydrogens is 230 g/mol. The molecule has 1 fully saturated rings. The van der Waals surface area contributed by atoms with E-state index in [1.807, 2.05) is 0 Å². The van der Waals surface area contributed by atoms with Crippen LogP contribution in [-0.2, 0) is 0 Å². The third-order valence-corrected chi connectivity index (χ3v) is 3.14. The van der Waals surface area contributed by atoms with Gasteiger partial charge in [0.05, 0.1) is 16.9 Å². The first-order valence-electron chi connectivity index (χ1n) is 5.96. The Morgan fingerprint density at radius 2 is 1.94 bits per heavy atom. The van der Waals surface area contributed by atoms with E-state index in [1.54, 1.807) is 18.2 Å². The van der Waals surface area contributed by atoms with Gasteiger partial charge in [-0.1, -0.05) is 6.07 Å². The average Bonchev–Trinajstić information content (AvgIpc) is 2.34. The number of benzene rings is 1. The van der Waals surface area contributed by atoms with Crippen LogP contribution < -0.4 is 16.9 Å². The van der Waals surface area contributed by atoms with E-state index in [0.717, 1.165) is 26.2 Å². The third kappa shape index (κ3) is 2.72. The van der Waals surface area contributed by atoms with E-state index in [2.05, 4.69) is 22.4 Å². The number of rotatable bonds is 3. The molecule has 18 heavy (non-hydrogen) atoms. The molecule has 0 unspecified atom stereocenters.